The van der Waals surface area contributed by atoms with Crippen LogP contribution in [0.4, 0.5) is 4.79 Å². The predicted molar refractivity (Wildman–Crippen MR) is 85.0 cm³/mol. The van der Waals surface area contributed by atoms with E-state index in [0.29, 0.717) is 31.2 Å². The van der Waals surface area contributed by atoms with Crippen LogP contribution in [0.15, 0.2) is 24.3 Å². The lowest BCUT2D eigenvalue weighted by molar-refractivity contribution is 0.0903. The van der Waals surface area contributed by atoms with Gasteiger partial charge in [0.2, 0.25) is 0 Å². The van der Waals surface area contributed by atoms with Crippen molar-refractivity contribution in [3.63, 3.8) is 0 Å². The van der Waals surface area contributed by atoms with Crippen LogP contribution < -0.4 is 5.32 Å². The van der Waals surface area contributed by atoms with Crippen LogP contribution in [0.3, 0.4) is 0 Å². The Kier molecular flexibility index (Phi) is 4.74. The number of nitrogens with one attached hydrogen (secondary N) is 1. The molecule has 0 bridgehead atoms. The molecule has 0 radical (unpaired) electrons. The second-order valence-corrected chi connectivity index (χ2v) is 6.54. The van der Waals surface area contributed by atoms with E-state index in [2.05, 4.69) is 19.2 Å². The first-order valence-electron chi connectivity index (χ1n) is 7.64. The zero-order valence-electron chi connectivity index (χ0n) is 13.7. The smallest absolute Gasteiger partial charge is 0.410 e. The van der Waals surface area contributed by atoms with Crippen molar-refractivity contribution < 1.29 is 14.3 Å². The maximum atomic E-state index is 12.2. The topological polar surface area (TPSA) is 58.6 Å². The average molecular weight is 304 g/mol. The fraction of sp³-hybridized carbons (Fsp3) is 0.529. The Labute approximate surface area is 131 Å². The zero-order valence-corrected chi connectivity index (χ0v) is 13.7. The van der Waals surface area contributed by atoms with E-state index in [-0.39, 0.29) is 12.0 Å². The molecule has 1 aliphatic rings. The van der Waals surface area contributed by atoms with Crippen LogP contribution in [-0.2, 0) is 4.74 Å². The van der Waals surface area contributed by atoms with Gasteiger partial charge in [0, 0.05) is 12.1 Å². The monoisotopic (exact) mass is 304 g/mol. The van der Waals surface area contributed by atoms with Gasteiger partial charge in [0.25, 0.3) is 5.91 Å². The number of ether oxygens (including phenoxy) is 1. The normalized spacial score (nSPS) is 15.1. The van der Waals surface area contributed by atoms with Crippen LogP contribution in [0.5, 0.6) is 0 Å². The number of hydrogen-bond donors (Lipinski definition) is 1. The number of benzene rings is 1. The van der Waals surface area contributed by atoms with Crippen LogP contribution in [-0.4, -0.2) is 42.1 Å². The minimum absolute atomic E-state index is 0.129. The summed E-state index contributed by atoms with van der Waals surface area (Å²) in [5.74, 6) is 0.313. The quantitative estimate of drug-likeness (QED) is 0.910. The van der Waals surface area contributed by atoms with Gasteiger partial charge in [-0.1, -0.05) is 26.0 Å². The van der Waals surface area contributed by atoms with Gasteiger partial charge in [-0.2, -0.15) is 0 Å². The predicted octanol–water partition coefficient (Wildman–Crippen LogP) is 2.77. The van der Waals surface area contributed by atoms with Gasteiger partial charge in [0.1, 0.15) is 6.61 Å². The molecule has 5 nitrogen and oxygen atoms in total. The molecule has 1 fully saturated rings. The molecule has 0 spiro atoms. The van der Waals surface area contributed by atoms with Crippen molar-refractivity contribution in [2.24, 2.45) is 0 Å². The lowest BCUT2D eigenvalue weighted by Gasteiger charge is -2.33. The maximum Gasteiger partial charge on any atom is 0.410 e. The molecular weight excluding hydrogens is 280 g/mol. The van der Waals surface area contributed by atoms with E-state index in [0.717, 1.165) is 0 Å². The van der Waals surface area contributed by atoms with E-state index in [4.69, 9.17) is 4.74 Å². The van der Waals surface area contributed by atoms with E-state index >= 15 is 0 Å². The van der Waals surface area contributed by atoms with E-state index in [1.165, 1.54) is 5.56 Å². The van der Waals surface area contributed by atoms with E-state index in [1.807, 2.05) is 38.1 Å². The Morgan fingerprint density at radius 2 is 1.95 bits per heavy atom. The molecule has 1 N–H and O–H groups in total. The number of hydrogen-bond acceptors (Lipinski definition) is 3. The minimum atomic E-state index is -0.471. The first-order chi connectivity index (χ1) is 10.3. The molecule has 1 aliphatic heterocycles. The first kappa shape index (κ1) is 16.3. The highest BCUT2D eigenvalue weighted by Crippen LogP contribution is 2.19. The van der Waals surface area contributed by atoms with Crippen molar-refractivity contribution in [1.29, 1.82) is 0 Å². The molecule has 22 heavy (non-hydrogen) atoms. The second kappa shape index (κ2) is 6.38. The molecule has 0 atom stereocenters. The van der Waals surface area contributed by atoms with Crippen molar-refractivity contribution in [1.82, 2.24) is 10.2 Å². The Balaban J connectivity index is 1.95. The maximum absolute atomic E-state index is 12.2. The molecular formula is C17H24N2O3. The third-order valence-electron chi connectivity index (χ3n) is 4.01. The second-order valence-electron chi connectivity index (χ2n) is 6.54. The standard InChI is InChI=1S/C17H24N2O3/c1-12(2)13-5-7-14(8-6-13)15(20)18-11-17(3,4)19-9-10-22-16(19)21/h5-8,12H,9-11H2,1-4H3,(H,18,20). The first-order valence-corrected chi connectivity index (χ1v) is 7.64. The van der Waals surface area contributed by atoms with Gasteiger partial charge in [-0.25, -0.2) is 4.79 Å². The van der Waals surface area contributed by atoms with E-state index in [1.54, 1.807) is 4.90 Å². The molecule has 0 aromatic heterocycles. The van der Waals surface area contributed by atoms with Crippen molar-refractivity contribution in [3.05, 3.63) is 35.4 Å². The summed E-state index contributed by atoms with van der Waals surface area (Å²) in [5.41, 5.74) is 1.36. The number of rotatable bonds is 5. The fourth-order valence-electron chi connectivity index (χ4n) is 2.46. The fourth-order valence-corrected chi connectivity index (χ4v) is 2.46. The van der Waals surface area contributed by atoms with Crippen molar-refractivity contribution in [2.75, 3.05) is 19.7 Å². The summed E-state index contributed by atoms with van der Waals surface area (Å²) in [5, 5.41) is 2.90. The molecule has 2 amide bonds. The van der Waals surface area contributed by atoms with E-state index in [9.17, 15) is 9.59 Å². The molecule has 5 heteroatoms. The number of carbonyl (C=O) groups excluding carboxylic acids is 2. The Morgan fingerprint density at radius 3 is 2.45 bits per heavy atom. The highest BCUT2D eigenvalue weighted by Gasteiger charge is 2.35. The molecule has 0 aliphatic carbocycles. The molecule has 1 aromatic rings. The van der Waals surface area contributed by atoms with Gasteiger partial charge in [-0.3, -0.25) is 9.69 Å². The zero-order chi connectivity index (χ0) is 16.3. The minimum Gasteiger partial charge on any atom is -0.448 e. The van der Waals surface area contributed by atoms with Crippen LogP contribution in [0.2, 0.25) is 0 Å². The SMILES string of the molecule is CC(C)c1ccc(C(=O)NCC(C)(C)N2CCOC2=O)cc1. The van der Waals surface area contributed by atoms with Crippen LogP contribution >= 0.6 is 0 Å². The molecule has 1 aromatic carbocycles. The van der Waals surface area contributed by atoms with Crippen molar-refractivity contribution in [3.8, 4) is 0 Å². The van der Waals surface area contributed by atoms with Crippen molar-refractivity contribution >= 4 is 12.0 Å². The number of amides is 2. The van der Waals surface area contributed by atoms with Crippen LogP contribution in [0.1, 0.15) is 49.5 Å². The summed E-state index contributed by atoms with van der Waals surface area (Å²) in [6, 6.07) is 7.62. The Hall–Kier alpha value is -2.04. The number of cyclic esters (lactones) is 1. The van der Waals surface area contributed by atoms with Crippen LogP contribution in [0, 0.1) is 0 Å². The lowest BCUT2D eigenvalue weighted by Crippen LogP contribution is -2.52. The van der Waals surface area contributed by atoms with Gasteiger partial charge in [0.15, 0.2) is 0 Å². The highest BCUT2D eigenvalue weighted by atomic mass is 16.6. The summed E-state index contributed by atoms with van der Waals surface area (Å²) in [6.07, 6.45) is -0.319. The molecule has 2 rings (SSSR count). The molecule has 1 heterocycles. The van der Waals surface area contributed by atoms with Gasteiger partial charge >= 0.3 is 6.09 Å². The number of carbonyl (C=O) groups is 2. The Bertz CT molecular complexity index is 550. The number of nitrogens with zero attached hydrogens (tertiary/aromatic N) is 1. The average Bonchev–Trinajstić information content (AvgIpc) is 2.92. The highest BCUT2D eigenvalue weighted by molar-refractivity contribution is 5.94. The van der Waals surface area contributed by atoms with Gasteiger partial charge in [0.05, 0.1) is 12.1 Å². The summed E-state index contributed by atoms with van der Waals surface area (Å²) in [6.45, 7) is 9.42. The molecule has 120 valence electrons. The van der Waals surface area contributed by atoms with Crippen LogP contribution in [0.25, 0.3) is 0 Å². The Morgan fingerprint density at radius 1 is 1.32 bits per heavy atom. The van der Waals surface area contributed by atoms with Gasteiger partial charge in [-0.15, -0.1) is 0 Å². The van der Waals surface area contributed by atoms with E-state index < -0.39 is 5.54 Å². The third-order valence-corrected chi connectivity index (χ3v) is 4.01. The van der Waals surface area contributed by atoms with Gasteiger partial charge in [-0.05, 0) is 37.5 Å². The summed E-state index contributed by atoms with van der Waals surface area (Å²) in [4.78, 5) is 25.5. The largest absolute Gasteiger partial charge is 0.448 e. The van der Waals surface area contributed by atoms with Crippen molar-refractivity contribution in [2.45, 2.75) is 39.2 Å². The molecule has 0 saturated carbocycles. The summed E-state index contributed by atoms with van der Waals surface area (Å²) < 4.78 is 4.95. The molecule has 1 saturated heterocycles. The van der Waals surface area contributed by atoms with Gasteiger partial charge < -0.3 is 10.1 Å². The summed E-state index contributed by atoms with van der Waals surface area (Å²) in [7, 11) is 0. The summed E-state index contributed by atoms with van der Waals surface area (Å²) >= 11 is 0. The lowest BCUT2D eigenvalue weighted by atomic mass is 10.0. The molecule has 0 unspecified atom stereocenters. The third kappa shape index (κ3) is 3.59.